The number of amides is 1. The van der Waals surface area contributed by atoms with Crippen LogP contribution in [0.15, 0.2) is 35.9 Å². The molecule has 0 saturated heterocycles. The molecule has 1 aromatic carbocycles. The van der Waals surface area contributed by atoms with Crippen molar-refractivity contribution in [3.8, 4) is 0 Å². The number of halogens is 3. The van der Waals surface area contributed by atoms with E-state index in [0.29, 0.717) is 6.54 Å². The largest absolute Gasteiger partial charge is 0.412 e. The Morgan fingerprint density at radius 2 is 2.05 bits per heavy atom. The van der Waals surface area contributed by atoms with E-state index in [-0.39, 0.29) is 31.3 Å². The van der Waals surface area contributed by atoms with Gasteiger partial charge < -0.3 is 10.2 Å². The summed E-state index contributed by atoms with van der Waals surface area (Å²) < 4.78 is 37.8. The van der Waals surface area contributed by atoms with Crippen molar-refractivity contribution in [1.29, 1.82) is 0 Å². The maximum atomic E-state index is 12.6. The molecule has 3 nitrogen and oxygen atoms in total. The van der Waals surface area contributed by atoms with E-state index in [1.807, 2.05) is 24.3 Å². The highest BCUT2D eigenvalue weighted by Gasteiger charge is 2.37. The Morgan fingerprint density at radius 1 is 1.29 bits per heavy atom. The van der Waals surface area contributed by atoms with Gasteiger partial charge in [-0.3, -0.25) is 4.79 Å². The second kappa shape index (κ2) is 5.09. The molecular formula is C15H15F3N2O. The summed E-state index contributed by atoms with van der Waals surface area (Å²) >= 11 is 0. The lowest BCUT2D eigenvalue weighted by molar-refractivity contribution is -0.133. The van der Waals surface area contributed by atoms with Gasteiger partial charge >= 0.3 is 6.18 Å². The molecule has 1 amide bonds. The van der Waals surface area contributed by atoms with Crippen LogP contribution in [0.2, 0.25) is 0 Å². The average Bonchev–Trinajstić information content (AvgIpc) is 2.90. The van der Waals surface area contributed by atoms with Gasteiger partial charge in [-0.15, -0.1) is 0 Å². The zero-order chi connectivity index (χ0) is 15.0. The maximum absolute atomic E-state index is 12.6. The molecule has 0 spiro atoms. The normalized spacial score (nSPS) is 21.6. The van der Waals surface area contributed by atoms with Gasteiger partial charge in [0, 0.05) is 30.9 Å². The third-order valence-electron chi connectivity index (χ3n) is 4.02. The standard InChI is InChI=1S/C15H15F3N2O/c16-15(17,18)10-5-7-20(8-6-10)14(21)12-9-19-13-4-2-1-3-11(12)13/h1-5,12,19H,6-9H2. The molecule has 0 aliphatic carbocycles. The van der Waals surface area contributed by atoms with Crippen molar-refractivity contribution in [2.24, 2.45) is 0 Å². The highest BCUT2D eigenvalue weighted by molar-refractivity contribution is 5.88. The minimum Gasteiger partial charge on any atom is -0.384 e. The van der Waals surface area contributed by atoms with Crippen LogP contribution < -0.4 is 5.32 Å². The van der Waals surface area contributed by atoms with Crippen LogP contribution >= 0.6 is 0 Å². The molecule has 0 bridgehead atoms. The van der Waals surface area contributed by atoms with Crippen molar-refractivity contribution in [2.75, 3.05) is 25.0 Å². The molecule has 0 saturated carbocycles. The molecule has 1 atom stereocenters. The van der Waals surface area contributed by atoms with E-state index >= 15 is 0 Å². The van der Waals surface area contributed by atoms with Gasteiger partial charge in [0.1, 0.15) is 0 Å². The van der Waals surface area contributed by atoms with Gasteiger partial charge in [-0.1, -0.05) is 24.3 Å². The van der Waals surface area contributed by atoms with Crippen LogP contribution in [0.5, 0.6) is 0 Å². The fourth-order valence-corrected chi connectivity index (χ4v) is 2.85. The Bertz CT molecular complexity index is 595. The van der Waals surface area contributed by atoms with Gasteiger partial charge in [-0.25, -0.2) is 0 Å². The number of hydrogen-bond donors (Lipinski definition) is 1. The minimum atomic E-state index is -4.28. The summed E-state index contributed by atoms with van der Waals surface area (Å²) in [5.41, 5.74) is 1.32. The number of alkyl halides is 3. The first kappa shape index (κ1) is 14.0. The Morgan fingerprint density at radius 3 is 2.71 bits per heavy atom. The molecule has 2 aliphatic rings. The quantitative estimate of drug-likeness (QED) is 0.808. The van der Waals surface area contributed by atoms with E-state index in [9.17, 15) is 18.0 Å². The number of carbonyl (C=O) groups excluding carboxylic acids is 1. The number of hydrogen-bond acceptors (Lipinski definition) is 2. The van der Waals surface area contributed by atoms with E-state index in [0.717, 1.165) is 17.3 Å². The Balaban J connectivity index is 1.73. The van der Waals surface area contributed by atoms with Crippen molar-refractivity contribution in [3.63, 3.8) is 0 Å². The fraction of sp³-hybridized carbons (Fsp3) is 0.400. The van der Waals surface area contributed by atoms with Gasteiger partial charge in [-0.05, 0) is 18.1 Å². The topological polar surface area (TPSA) is 32.3 Å². The predicted octanol–water partition coefficient (Wildman–Crippen LogP) is 2.92. The van der Waals surface area contributed by atoms with Crippen LogP contribution in [0.4, 0.5) is 18.9 Å². The summed E-state index contributed by atoms with van der Waals surface area (Å²) in [6.07, 6.45) is -3.29. The van der Waals surface area contributed by atoms with Crippen LogP contribution in [0.25, 0.3) is 0 Å². The number of nitrogens with one attached hydrogen (secondary N) is 1. The van der Waals surface area contributed by atoms with E-state index in [2.05, 4.69) is 5.32 Å². The summed E-state index contributed by atoms with van der Waals surface area (Å²) in [6, 6.07) is 7.54. The molecule has 1 N–H and O–H groups in total. The van der Waals surface area contributed by atoms with Crippen LogP contribution in [-0.4, -0.2) is 36.6 Å². The smallest absolute Gasteiger partial charge is 0.384 e. The van der Waals surface area contributed by atoms with Gasteiger partial charge in [0.05, 0.1) is 5.92 Å². The fourth-order valence-electron chi connectivity index (χ4n) is 2.85. The van der Waals surface area contributed by atoms with Crippen LogP contribution in [0.3, 0.4) is 0 Å². The zero-order valence-corrected chi connectivity index (χ0v) is 11.3. The van der Waals surface area contributed by atoms with Gasteiger partial charge in [-0.2, -0.15) is 13.2 Å². The summed E-state index contributed by atoms with van der Waals surface area (Å²) in [5.74, 6) is -0.410. The van der Waals surface area contributed by atoms with E-state index < -0.39 is 11.7 Å². The monoisotopic (exact) mass is 296 g/mol. The van der Waals surface area contributed by atoms with Crippen molar-refractivity contribution in [2.45, 2.75) is 18.5 Å². The maximum Gasteiger partial charge on any atom is 0.412 e. The van der Waals surface area contributed by atoms with Crippen molar-refractivity contribution in [1.82, 2.24) is 4.90 Å². The van der Waals surface area contributed by atoms with Crippen molar-refractivity contribution >= 4 is 11.6 Å². The third-order valence-corrected chi connectivity index (χ3v) is 4.02. The summed E-state index contributed by atoms with van der Waals surface area (Å²) in [7, 11) is 0. The molecule has 6 heteroatoms. The van der Waals surface area contributed by atoms with E-state index in [1.54, 1.807) is 0 Å². The van der Waals surface area contributed by atoms with Crippen molar-refractivity contribution in [3.05, 3.63) is 41.5 Å². The first-order valence-electron chi connectivity index (χ1n) is 6.84. The number of fused-ring (bicyclic) bond motifs is 1. The van der Waals surface area contributed by atoms with Crippen LogP contribution in [0.1, 0.15) is 17.9 Å². The van der Waals surface area contributed by atoms with Crippen molar-refractivity contribution < 1.29 is 18.0 Å². The number of benzene rings is 1. The highest BCUT2D eigenvalue weighted by Crippen LogP contribution is 2.34. The lowest BCUT2D eigenvalue weighted by Crippen LogP contribution is -2.40. The van der Waals surface area contributed by atoms with E-state index in [1.165, 1.54) is 4.90 Å². The third kappa shape index (κ3) is 2.62. The Hall–Kier alpha value is -1.98. The Labute approximate surface area is 120 Å². The predicted molar refractivity (Wildman–Crippen MR) is 73.0 cm³/mol. The Kier molecular flexibility index (Phi) is 3.39. The summed E-state index contributed by atoms with van der Waals surface area (Å²) in [5, 5.41) is 3.16. The van der Waals surface area contributed by atoms with Gasteiger partial charge in [0.15, 0.2) is 0 Å². The number of anilines is 1. The lowest BCUT2D eigenvalue weighted by atomic mass is 9.98. The molecule has 1 unspecified atom stereocenters. The molecule has 2 aliphatic heterocycles. The molecule has 1 aromatic rings. The molecule has 2 heterocycles. The number of nitrogens with zero attached hydrogens (tertiary/aromatic N) is 1. The molecule has 3 rings (SSSR count). The molecule has 0 aromatic heterocycles. The number of rotatable bonds is 1. The lowest BCUT2D eigenvalue weighted by Gasteiger charge is -2.29. The second-order valence-corrected chi connectivity index (χ2v) is 5.28. The SMILES string of the molecule is O=C(C1CNc2ccccc21)N1CC=C(C(F)(F)F)CC1. The van der Waals surface area contributed by atoms with Crippen LogP contribution in [0, 0.1) is 0 Å². The molecular weight excluding hydrogens is 281 g/mol. The molecule has 21 heavy (non-hydrogen) atoms. The number of para-hydroxylation sites is 1. The first-order valence-corrected chi connectivity index (χ1v) is 6.84. The minimum absolute atomic E-state index is 0.0341. The van der Waals surface area contributed by atoms with Gasteiger partial charge in [0.25, 0.3) is 0 Å². The van der Waals surface area contributed by atoms with E-state index in [4.69, 9.17) is 0 Å². The summed E-state index contributed by atoms with van der Waals surface area (Å²) in [4.78, 5) is 14.0. The van der Waals surface area contributed by atoms with Gasteiger partial charge in [0.2, 0.25) is 5.91 Å². The zero-order valence-electron chi connectivity index (χ0n) is 11.3. The first-order chi connectivity index (χ1) is 9.97. The highest BCUT2D eigenvalue weighted by atomic mass is 19.4. The molecule has 0 fully saturated rings. The average molecular weight is 296 g/mol. The summed E-state index contributed by atoms with van der Waals surface area (Å²) in [6.45, 7) is 0.666. The molecule has 0 radical (unpaired) electrons. The second-order valence-electron chi connectivity index (χ2n) is 5.28. The molecule has 112 valence electrons. The number of carbonyl (C=O) groups is 1. The van der Waals surface area contributed by atoms with Crippen LogP contribution in [-0.2, 0) is 4.79 Å².